The molecule has 0 spiro atoms. The van der Waals surface area contributed by atoms with Crippen molar-refractivity contribution < 1.29 is 9.84 Å². The largest absolute Gasteiger partial charge is 0.496 e. The van der Waals surface area contributed by atoms with Crippen LogP contribution in [0.1, 0.15) is 39.4 Å². The molecule has 3 nitrogen and oxygen atoms in total. The van der Waals surface area contributed by atoms with Crippen LogP contribution in [0.2, 0.25) is 0 Å². The molecule has 0 heterocycles. The Bertz CT molecular complexity index is 647. The molecule has 3 heteroatoms. The summed E-state index contributed by atoms with van der Waals surface area (Å²) in [7, 11) is 1.68. The van der Waals surface area contributed by atoms with Gasteiger partial charge in [0, 0.05) is 17.3 Å². The fourth-order valence-electron chi connectivity index (χ4n) is 3.24. The zero-order chi connectivity index (χ0) is 17.0. The molecule has 2 aromatic carbocycles. The topological polar surface area (TPSA) is 32.7 Å². The van der Waals surface area contributed by atoms with Crippen LogP contribution in [0.5, 0.6) is 5.75 Å². The Morgan fingerprint density at radius 1 is 1.04 bits per heavy atom. The summed E-state index contributed by atoms with van der Waals surface area (Å²) >= 11 is 0. The van der Waals surface area contributed by atoms with E-state index >= 15 is 0 Å². The first-order valence-corrected chi connectivity index (χ1v) is 8.40. The van der Waals surface area contributed by atoms with E-state index in [2.05, 4.69) is 38.7 Å². The quantitative estimate of drug-likeness (QED) is 0.829. The van der Waals surface area contributed by atoms with Crippen molar-refractivity contribution in [2.45, 2.75) is 33.8 Å². The molecule has 0 bridgehead atoms. The van der Waals surface area contributed by atoms with Crippen molar-refractivity contribution in [2.75, 3.05) is 26.7 Å². The van der Waals surface area contributed by atoms with E-state index in [1.54, 1.807) is 7.11 Å². The number of nitrogens with zero attached hydrogens (tertiary/aromatic N) is 1. The lowest BCUT2D eigenvalue weighted by Crippen LogP contribution is -2.38. The maximum absolute atomic E-state index is 11.1. The summed E-state index contributed by atoms with van der Waals surface area (Å²) in [5.74, 6) is 0.845. The van der Waals surface area contributed by atoms with E-state index in [0.717, 1.165) is 41.7 Å². The highest BCUT2D eigenvalue weighted by Crippen LogP contribution is 2.39. The van der Waals surface area contributed by atoms with Crippen LogP contribution in [0.3, 0.4) is 0 Å². The van der Waals surface area contributed by atoms with Crippen molar-refractivity contribution >= 4 is 10.8 Å². The molecule has 0 amide bonds. The zero-order valence-electron chi connectivity index (χ0n) is 15.0. The Balaban J connectivity index is 2.43. The van der Waals surface area contributed by atoms with Gasteiger partial charge in [0.15, 0.2) is 0 Å². The van der Waals surface area contributed by atoms with Gasteiger partial charge in [-0.25, -0.2) is 0 Å². The smallest absolute Gasteiger partial charge is 0.126 e. The minimum absolute atomic E-state index is 0.233. The van der Waals surface area contributed by atoms with Crippen LogP contribution in [0.4, 0.5) is 0 Å². The number of ether oxygens (including phenoxy) is 1. The highest BCUT2D eigenvalue weighted by atomic mass is 16.5. The van der Waals surface area contributed by atoms with Gasteiger partial charge in [-0.15, -0.1) is 0 Å². The Labute approximate surface area is 139 Å². The van der Waals surface area contributed by atoms with Gasteiger partial charge in [-0.05, 0) is 30.1 Å². The van der Waals surface area contributed by atoms with Gasteiger partial charge >= 0.3 is 0 Å². The Hall–Kier alpha value is -1.58. The molecule has 126 valence electrons. The molecule has 1 atom stereocenters. The number of fused-ring (bicyclic) bond motifs is 1. The Morgan fingerprint density at radius 2 is 1.65 bits per heavy atom. The number of hydrogen-bond donors (Lipinski definition) is 1. The SMILES string of the molecule is CCN(CC)CC(C)(C)C(O)c1ccc(OC)c2ccccc12. The lowest BCUT2D eigenvalue weighted by atomic mass is 9.80. The average Bonchev–Trinajstić information content (AvgIpc) is 2.58. The van der Waals surface area contributed by atoms with Gasteiger partial charge < -0.3 is 14.7 Å². The van der Waals surface area contributed by atoms with Crippen LogP contribution >= 0.6 is 0 Å². The second-order valence-electron chi connectivity index (χ2n) is 6.76. The number of aliphatic hydroxyl groups excluding tert-OH is 1. The minimum Gasteiger partial charge on any atom is -0.496 e. The monoisotopic (exact) mass is 315 g/mol. The van der Waals surface area contributed by atoms with E-state index in [-0.39, 0.29) is 5.41 Å². The van der Waals surface area contributed by atoms with E-state index in [0.29, 0.717) is 0 Å². The summed E-state index contributed by atoms with van der Waals surface area (Å²) in [6, 6.07) is 12.1. The summed E-state index contributed by atoms with van der Waals surface area (Å²) in [6.07, 6.45) is -0.529. The third kappa shape index (κ3) is 3.67. The van der Waals surface area contributed by atoms with Gasteiger partial charge in [-0.3, -0.25) is 0 Å². The standard InChI is InChI=1S/C20H29NO2/c1-6-21(7-2)14-20(3,4)19(22)17-12-13-18(23-5)16-11-9-8-10-15(16)17/h8-13,19,22H,6-7,14H2,1-5H3. The number of benzene rings is 2. The number of methoxy groups -OCH3 is 1. The van der Waals surface area contributed by atoms with Crippen LogP contribution in [0, 0.1) is 5.41 Å². The van der Waals surface area contributed by atoms with Gasteiger partial charge in [0.2, 0.25) is 0 Å². The molecule has 23 heavy (non-hydrogen) atoms. The summed E-state index contributed by atoms with van der Waals surface area (Å²) in [5.41, 5.74) is 0.738. The number of aliphatic hydroxyl groups is 1. The average molecular weight is 315 g/mol. The van der Waals surface area contributed by atoms with Crippen LogP contribution in [-0.4, -0.2) is 36.8 Å². The highest BCUT2D eigenvalue weighted by molar-refractivity contribution is 5.91. The normalized spacial score (nSPS) is 13.5. The Morgan fingerprint density at radius 3 is 2.22 bits per heavy atom. The molecule has 2 rings (SSSR count). The third-order valence-electron chi connectivity index (χ3n) is 4.70. The van der Waals surface area contributed by atoms with Gasteiger partial charge in [0.05, 0.1) is 13.2 Å². The summed E-state index contributed by atoms with van der Waals surface area (Å²) < 4.78 is 5.46. The van der Waals surface area contributed by atoms with Crippen LogP contribution in [0.25, 0.3) is 10.8 Å². The molecule has 1 N–H and O–H groups in total. The van der Waals surface area contributed by atoms with Crippen molar-refractivity contribution in [1.29, 1.82) is 0 Å². The van der Waals surface area contributed by atoms with E-state index in [1.165, 1.54) is 0 Å². The second kappa shape index (κ2) is 7.33. The van der Waals surface area contributed by atoms with E-state index in [9.17, 15) is 5.11 Å². The van der Waals surface area contributed by atoms with E-state index < -0.39 is 6.10 Å². The third-order valence-corrected chi connectivity index (χ3v) is 4.70. The van der Waals surface area contributed by atoms with Gasteiger partial charge in [-0.2, -0.15) is 0 Å². The minimum atomic E-state index is -0.529. The Kier molecular flexibility index (Phi) is 5.66. The summed E-state index contributed by atoms with van der Waals surface area (Å²) in [5, 5.41) is 13.2. The molecular formula is C20H29NO2. The maximum Gasteiger partial charge on any atom is 0.126 e. The predicted octanol–water partition coefficient (Wildman–Crippen LogP) is 4.25. The molecule has 0 saturated carbocycles. The van der Waals surface area contributed by atoms with Crippen LogP contribution < -0.4 is 4.74 Å². The lowest BCUT2D eigenvalue weighted by Gasteiger charge is -2.36. The summed E-state index contributed by atoms with van der Waals surface area (Å²) in [4.78, 5) is 2.36. The van der Waals surface area contributed by atoms with Crippen LogP contribution in [-0.2, 0) is 0 Å². The van der Waals surface area contributed by atoms with Crippen molar-refractivity contribution in [2.24, 2.45) is 5.41 Å². The molecule has 0 aromatic heterocycles. The molecular weight excluding hydrogens is 286 g/mol. The first-order valence-electron chi connectivity index (χ1n) is 8.40. The summed E-state index contributed by atoms with van der Waals surface area (Å²) in [6.45, 7) is 11.4. The molecule has 0 fully saturated rings. The molecule has 1 unspecified atom stereocenters. The van der Waals surface area contributed by atoms with E-state index in [4.69, 9.17) is 4.74 Å². The molecule has 0 radical (unpaired) electrons. The second-order valence-corrected chi connectivity index (χ2v) is 6.76. The molecule has 2 aromatic rings. The van der Waals surface area contributed by atoms with Gasteiger partial charge in [0.25, 0.3) is 0 Å². The predicted molar refractivity (Wildman–Crippen MR) is 97.0 cm³/mol. The lowest BCUT2D eigenvalue weighted by molar-refractivity contribution is 0.0235. The van der Waals surface area contributed by atoms with Gasteiger partial charge in [-0.1, -0.05) is 58.0 Å². The van der Waals surface area contributed by atoms with Gasteiger partial charge in [0.1, 0.15) is 5.75 Å². The fraction of sp³-hybridized carbons (Fsp3) is 0.500. The fourth-order valence-corrected chi connectivity index (χ4v) is 3.24. The van der Waals surface area contributed by atoms with Crippen molar-refractivity contribution in [3.05, 3.63) is 42.0 Å². The molecule has 0 aliphatic heterocycles. The van der Waals surface area contributed by atoms with Crippen molar-refractivity contribution in [3.63, 3.8) is 0 Å². The van der Waals surface area contributed by atoms with Crippen molar-refractivity contribution in [3.8, 4) is 5.75 Å². The number of hydrogen-bond acceptors (Lipinski definition) is 3. The number of rotatable bonds is 7. The molecule has 0 saturated heterocycles. The maximum atomic E-state index is 11.1. The van der Waals surface area contributed by atoms with E-state index in [1.807, 2.05) is 30.3 Å². The molecule has 0 aliphatic rings. The highest BCUT2D eigenvalue weighted by Gasteiger charge is 2.32. The first kappa shape index (κ1) is 17.8. The van der Waals surface area contributed by atoms with Crippen molar-refractivity contribution in [1.82, 2.24) is 4.90 Å². The first-order chi connectivity index (χ1) is 10.9. The molecule has 0 aliphatic carbocycles. The van der Waals surface area contributed by atoms with Crippen LogP contribution in [0.15, 0.2) is 36.4 Å². The zero-order valence-corrected chi connectivity index (χ0v) is 15.0.